The maximum Gasteiger partial charge on any atom is 0.435 e. The van der Waals surface area contributed by atoms with Crippen LogP contribution in [0, 0.1) is 11.6 Å². The molecule has 0 atom stereocenters. The highest BCUT2D eigenvalue weighted by atomic mass is 19.4. The van der Waals surface area contributed by atoms with Gasteiger partial charge in [0.2, 0.25) is 0 Å². The number of alkyl halides is 3. The van der Waals surface area contributed by atoms with Crippen LogP contribution in [0.4, 0.5) is 32.4 Å². The molecule has 2 amide bonds. The third-order valence-corrected chi connectivity index (χ3v) is 3.91. The lowest BCUT2D eigenvalue weighted by Crippen LogP contribution is -2.32. The van der Waals surface area contributed by atoms with Crippen LogP contribution in [0.5, 0.6) is 0 Å². The zero-order valence-corrected chi connectivity index (χ0v) is 13.4. The van der Waals surface area contributed by atoms with Crippen LogP contribution in [0.2, 0.25) is 0 Å². The number of halogens is 5. The van der Waals surface area contributed by atoms with Gasteiger partial charge >= 0.3 is 12.2 Å². The van der Waals surface area contributed by atoms with Crippen LogP contribution in [-0.4, -0.2) is 22.4 Å². The number of nitrogens with zero attached hydrogens (tertiary/aromatic N) is 2. The predicted octanol–water partition coefficient (Wildman–Crippen LogP) is 3.88. The Bertz CT molecular complexity index is 793. The van der Waals surface area contributed by atoms with Gasteiger partial charge in [-0.3, -0.25) is 4.68 Å². The number of carbonyl (C=O) groups is 1. The summed E-state index contributed by atoms with van der Waals surface area (Å²) in [6.45, 7) is -0.0459. The fourth-order valence-electron chi connectivity index (χ4n) is 2.51. The zero-order chi connectivity index (χ0) is 18.9. The summed E-state index contributed by atoms with van der Waals surface area (Å²) in [5.41, 5.74) is -1.10. The molecule has 0 aliphatic heterocycles. The number of benzene rings is 1. The van der Waals surface area contributed by atoms with E-state index in [1.165, 1.54) is 4.68 Å². The van der Waals surface area contributed by atoms with Gasteiger partial charge in [-0.05, 0) is 31.0 Å². The first-order valence-electron chi connectivity index (χ1n) is 7.89. The van der Waals surface area contributed by atoms with Gasteiger partial charge in [0.25, 0.3) is 0 Å². The molecule has 2 N–H and O–H groups in total. The fraction of sp³-hybridized carbons (Fsp3) is 0.375. The van der Waals surface area contributed by atoms with E-state index in [4.69, 9.17) is 0 Å². The lowest BCUT2D eigenvalue weighted by molar-refractivity contribution is -0.141. The number of amides is 2. The van der Waals surface area contributed by atoms with Gasteiger partial charge in [-0.15, -0.1) is 0 Å². The van der Waals surface area contributed by atoms with Crippen LogP contribution in [0.1, 0.15) is 30.1 Å². The zero-order valence-electron chi connectivity index (χ0n) is 13.4. The van der Waals surface area contributed by atoms with Gasteiger partial charge in [0.1, 0.15) is 17.3 Å². The van der Waals surface area contributed by atoms with Gasteiger partial charge < -0.3 is 10.6 Å². The fourth-order valence-corrected chi connectivity index (χ4v) is 2.51. The summed E-state index contributed by atoms with van der Waals surface area (Å²) in [5.74, 6) is -1.82. The number of para-hydroxylation sites is 1. The van der Waals surface area contributed by atoms with Gasteiger partial charge in [0, 0.05) is 18.2 Å². The molecule has 0 spiro atoms. The van der Waals surface area contributed by atoms with E-state index in [1.54, 1.807) is 0 Å². The topological polar surface area (TPSA) is 59.0 Å². The Morgan fingerprint density at radius 2 is 1.88 bits per heavy atom. The molecule has 1 aromatic heterocycles. The first-order chi connectivity index (χ1) is 12.3. The van der Waals surface area contributed by atoms with Gasteiger partial charge in [0.05, 0.1) is 6.54 Å². The number of nitrogens with one attached hydrogen (secondary N) is 2. The molecule has 1 saturated carbocycles. The Balaban J connectivity index is 1.59. The van der Waals surface area contributed by atoms with Crippen LogP contribution in [-0.2, 0) is 12.7 Å². The molecule has 10 heteroatoms. The Morgan fingerprint density at radius 3 is 2.46 bits per heavy atom. The van der Waals surface area contributed by atoms with E-state index in [1.807, 2.05) is 5.32 Å². The summed E-state index contributed by atoms with van der Waals surface area (Å²) >= 11 is 0. The summed E-state index contributed by atoms with van der Waals surface area (Å²) in [7, 11) is 0. The van der Waals surface area contributed by atoms with Crippen molar-refractivity contribution in [2.24, 2.45) is 0 Å². The molecule has 0 saturated heterocycles. The average molecular weight is 374 g/mol. The number of urea groups is 1. The van der Waals surface area contributed by atoms with Gasteiger partial charge in [0.15, 0.2) is 5.69 Å². The first kappa shape index (κ1) is 18.2. The van der Waals surface area contributed by atoms with Crippen molar-refractivity contribution in [1.29, 1.82) is 0 Å². The summed E-state index contributed by atoms with van der Waals surface area (Å²) < 4.78 is 66.5. The minimum Gasteiger partial charge on any atom is -0.336 e. The number of anilines is 1. The lowest BCUT2D eigenvalue weighted by Gasteiger charge is -2.10. The molecule has 0 unspecified atom stereocenters. The Kier molecular flexibility index (Phi) is 4.84. The molecule has 1 heterocycles. The maximum absolute atomic E-state index is 13.5. The molecular weight excluding hydrogens is 359 g/mol. The van der Waals surface area contributed by atoms with Crippen LogP contribution in [0.25, 0.3) is 0 Å². The molecule has 3 rings (SSSR count). The van der Waals surface area contributed by atoms with Crippen molar-refractivity contribution in [3.05, 3.63) is 47.3 Å². The maximum atomic E-state index is 13.5. The normalized spacial score (nSPS) is 14.3. The van der Waals surface area contributed by atoms with Crippen LogP contribution >= 0.6 is 0 Å². The number of rotatable bonds is 5. The highest BCUT2D eigenvalue weighted by Crippen LogP contribution is 2.42. The lowest BCUT2D eigenvalue weighted by atomic mass is 10.2. The first-order valence-corrected chi connectivity index (χ1v) is 7.89. The van der Waals surface area contributed by atoms with E-state index >= 15 is 0 Å². The molecule has 5 nitrogen and oxygen atoms in total. The summed E-state index contributed by atoms with van der Waals surface area (Å²) in [4.78, 5) is 11.7. The van der Waals surface area contributed by atoms with E-state index in [9.17, 15) is 26.7 Å². The number of hydrogen-bond acceptors (Lipinski definition) is 2. The van der Waals surface area contributed by atoms with Crippen molar-refractivity contribution in [2.75, 3.05) is 11.9 Å². The van der Waals surface area contributed by atoms with Crippen LogP contribution < -0.4 is 10.6 Å². The van der Waals surface area contributed by atoms with Crippen LogP contribution in [0.3, 0.4) is 0 Å². The van der Waals surface area contributed by atoms with E-state index in [0.29, 0.717) is 5.69 Å². The highest BCUT2D eigenvalue weighted by Gasteiger charge is 2.37. The van der Waals surface area contributed by atoms with Crippen molar-refractivity contribution < 1.29 is 26.7 Å². The smallest absolute Gasteiger partial charge is 0.336 e. The minimum atomic E-state index is -4.54. The molecule has 26 heavy (non-hydrogen) atoms. The van der Waals surface area contributed by atoms with E-state index in [2.05, 4.69) is 10.4 Å². The molecule has 1 aromatic carbocycles. The highest BCUT2D eigenvalue weighted by molar-refractivity contribution is 5.89. The van der Waals surface area contributed by atoms with Crippen LogP contribution in [0.15, 0.2) is 24.3 Å². The standard InChI is InChI=1S/C16H15F5N4O/c17-10-2-1-3-11(18)14(10)23-15(26)22-6-7-25-12(9-4-5-9)8-13(24-25)16(19,20)21/h1-3,8-9H,4-7H2,(H2,22,23,26). The Hall–Kier alpha value is -2.65. The van der Waals surface area contributed by atoms with Gasteiger partial charge in [-0.2, -0.15) is 18.3 Å². The second-order valence-electron chi connectivity index (χ2n) is 5.93. The van der Waals surface area contributed by atoms with E-state index < -0.39 is 35.2 Å². The molecule has 140 valence electrons. The predicted molar refractivity (Wildman–Crippen MR) is 82.6 cm³/mol. The van der Waals surface area contributed by atoms with Gasteiger partial charge in [-0.1, -0.05) is 6.07 Å². The summed E-state index contributed by atoms with van der Waals surface area (Å²) in [5, 5.41) is 7.93. The Morgan fingerprint density at radius 1 is 1.23 bits per heavy atom. The van der Waals surface area contributed by atoms with E-state index in [-0.39, 0.29) is 19.0 Å². The van der Waals surface area contributed by atoms with Crippen molar-refractivity contribution in [2.45, 2.75) is 31.5 Å². The number of hydrogen-bond donors (Lipinski definition) is 2. The Labute approximate surface area is 145 Å². The summed E-state index contributed by atoms with van der Waals surface area (Å²) in [6, 6.07) is 3.28. The second-order valence-corrected chi connectivity index (χ2v) is 5.93. The third kappa shape index (κ3) is 4.12. The monoisotopic (exact) mass is 374 g/mol. The van der Waals surface area contributed by atoms with Crippen molar-refractivity contribution in [3.8, 4) is 0 Å². The molecule has 1 aliphatic rings. The van der Waals surface area contributed by atoms with Crippen molar-refractivity contribution >= 4 is 11.7 Å². The molecule has 1 aliphatic carbocycles. The number of carbonyl (C=O) groups excluding carboxylic acids is 1. The third-order valence-electron chi connectivity index (χ3n) is 3.91. The van der Waals surface area contributed by atoms with Crippen molar-refractivity contribution in [3.63, 3.8) is 0 Å². The molecular formula is C16H15F5N4O. The largest absolute Gasteiger partial charge is 0.435 e. The molecule has 1 fully saturated rings. The quantitative estimate of drug-likeness (QED) is 0.781. The molecule has 0 radical (unpaired) electrons. The van der Waals surface area contributed by atoms with E-state index in [0.717, 1.165) is 37.1 Å². The van der Waals surface area contributed by atoms with Gasteiger partial charge in [-0.25, -0.2) is 13.6 Å². The van der Waals surface area contributed by atoms with Crippen molar-refractivity contribution in [1.82, 2.24) is 15.1 Å². The minimum absolute atomic E-state index is 0.00902. The molecule has 2 aromatic rings. The molecule has 0 bridgehead atoms. The average Bonchev–Trinajstić information content (AvgIpc) is 3.30. The SMILES string of the molecule is O=C(NCCn1nc(C(F)(F)F)cc1C1CC1)Nc1c(F)cccc1F. The second kappa shape index (κ2) is 6.93. The summed E-state index contributed by atoms with van der Waals surface area (Å²) in [6.07, 6.45) is -2.95. The number of aromatic nitrogens is 2.